The van der Waals surface area contributed by atoms with E-state index in [4.69, 9.17) is 14.2 Å². The van der Waals surface area contributed by atoms with Crippen LogP contribution in [0, 0.1) is 5.82 Å². The van der Waals surface area contributed by atoms with Gasteiger partial charge in [-0.1, -0.05) is 18.2 Å². The third-order valence-corrected chi connectivity index (χ3v) is 5.29. The molecule has 0 bridgehead atoms. The molecule has 2 unspecified atom stereocenters. The number of ether oxygens (including phenoxy) is 3. The molecule has 0 radical (unpaired) electrons. The van der Waals surface area contributed by atoms with Crippen LogP contribution in [0.4, 0.5) is 4.39 Å². The van der Waals surface area contributed by atoms with Crippen LogP contribution in [0.2, 0.25) is 0 Å². The van der Waals surface area contributed by atoms with Gasteiger partial charge in [-0.05, 0) is 44.2 Å². The highest BCUT2D eigenvalue weighted by Crippen LogP contribution is 2.32. The zero-order chi connectivity index (χ0) is 20.2. The first kappa shape index (κ1) is 19.8. The fourth-order valence-electron chi connectivity index (χ4n) is 3.69. The third-order valence-electron chi connectivity index (χ3n) is 5.29. The lowest BCUT2D eigenvalue weighted by Gasteiger charge is -2.23. The van der Waals surface area contributed by atoms with E-state index in [0.717, 1.165) is 37.0 Å². The van der Waals surface area contributed by atoms with Crippen molar-refractivity contribution in [2.24, 2.45) is 0 Å². The number of carbonyl (C=O) groups excluding carboxylic acids is 1. The lowest BCUT2D eigenvalue weighted by Crippen LogP contribution is -2.19. The number of hydrogen-bond acceptors (Lipinski definition) is 5. The van der Waals surface area contributed by atoms with Gasteiger partial charge < -0.3 is 14.2 Å². The van der Waals surface area contributed by atoms with Crippen LogP contribution in [0.1, 0.15) is 50.5 Å². The molecule has 2 aliphatic rings. The molecule has 0 amide bonds. The van der Waals surface area contributed by atoms with Crippen molar-refractivity contribution in [1.29, 1.82) is 0 Å². The van der Waals surface area contributed by atoms with Crippen LogP contribution in [0.3, 0.4) is 0 Å². The van der Waals surface area contributed by atoms with Crippen LogP contribution in [0.5, 0.6) is 0 Å². The van der Waals surface area contributed by atoms with Crippen molar-refractivity contribution >= 4 is 5.97 Å². The van der Waals surface area contributed by atoms with Gasteiger partial charge in [-0.15, -0.1) is 0 Å². The van der Waals surface area contributed by atoms with Crippen molar-refractivity contribution in [3.8, 4) is 11.1 Å². The summed E-state index contributed by atoms with van der Waals surface area (Å²) in [6, 6.07) is 5.12. The van der Waals surface area contributed by atoms with Crippen LogP contribution in [0.25, 0.3) is 11.1 Å². The summed E-state index contributed by atoms with van der Waals surface area (Å²) in [5.41, 5.74) is 2.57. The molecule has 1 saturated heterocycles. The number of aromatic nitrogens is 2. The van der Waals surface area contributed by atoms with Crippen LogP contribution < -0.4 is 0 Å². The van der Waals surface area contributed by atoms with Gasteiger partial charge in [-0.3, -0.25) is 0 Å². The average Bonchev–Trinajstić information content (AvgIpc) is 3.25. The zero-order valence-corrected chi connectivity index (χ0v) is 16.5. The number of rotatable bonds is 5. The molecule has 29 heavy (non-hydrogen) atoms. The molecule has 7 heteroatoms. The van der Waals surface area contributed by atoms with E-state index in [0.29, 0.717) is 24.2 Å². The topological polar surface area (TPSA) is 62.6 Å². The van der Waals surface area contributed by atoms with Crippen molar-refractivity contribution in [3.63, 3.8) is 0 Å². The summed E-state index contributed by atoms with van der Waals surface area (Å²) in [7, 11) is 0. The van der Waals surface area contributed by atoms with E-state index in [1.807, 2.05) is 16.9 Å². The van der Waals surface area contributed by atoms with Crippen molar-refractivity contribution in [3.05, 3.63) is 53.6 Å². The molecule has 1 aromatic heterocycles. The van der Waals surface area contributed by atoms with Gasteiger partial charge in [0.05, 0.1) is 31.1 Å². The van der Waals surface area contributed by atoms with E-state index >= 15 is 0 Å². The summed E-state index contributed by atoms with van der Waals surface area (Å²) in [5, 5.41) is 4.39. The number of nitrogens with zero attached hydrogens (tertiary/aromatic N) is 2. The molecule has 1 fully saturated rings. The molecule has 6 nitrogen and oxygen atoms in total. The predicted octanol–water partition coefficient (Wildman–Crippen LogP) is 4.34. The number of esters is 1. The first-order chi connectivity index (χ1) is 14.2. The molecule has 2 atom stereocenters. The highest BCUT2D eigenvalue weighted by atomic mass is 19.1. The molecule has 0 N–H and O–H groups in total. The number of carbonyl (C=O) groups is 1. The van der Waals surface area contributed by atoms with Gasteiger partial charge in [0.2, 0.25) is 0 Å². The van der Waals surface area contributed by atoms with Crippen molar-refractivity contribution in [1.82, 2.24) is 9.78 Å². The molecular weight excluding hydrogens is 375 g/mol. The van der Waals surface area contributed by atoms with E-state index in [1.165, 1.54) is 6.07 Å². The minimum atomic E-state index is -0.416. The first-order valence-corrected chi connectivity index (χ1v) is 10.1. The van der Waals surface area contributed by atoms with Crippen LogP contribution >= 0.6 is 0 Å². The van der Waals surface area contributed by atoms with Gasteiger partial charge in [0.25, 0.3) is 0 Å². The molecule has 2 aliphatic heterocycles. The fraction of sp³-hybridized carbons (Fsp3) is 0.455. The Morgan fingerprint density at radius 2 is 2.21 bits per heavy atom. The monoisotopic (exact) mass is 400 g/mol. The van der Waals surface area contributed by atoms with E-state index in [9.17, 15) is 9.18 Å². The first-order valence-electron chi connectivity index (χ1n) is 10.1. The summed E-state index contributed by atoms with van der Waals surface area (Å²) in [6.45, 7) is 2.95. The van der Waals surface area contributed by atoms with E-state index < -0.39 is 6.10 Å². The summed E-state index contributed by atoms with van der Waals surface area (Å²) in [6.07, 6.45) is 8.52. The molecule has 154 valence electrons. The maximum atomic E-state index is 14.8. The zero-order valence-electron chi connectivity index (χ0n) is 16.5. The van der Waals surface area contributed by atoms with Crippen LogP contribution in [-0.2, 0) is 19.0 Å². The van der Waals surface area contributed by atoms with Gasteiger partial charge in [0.15, 0.2) is 0 Å². The smallest absolute Gasteiger partial charge is 0.336 e. The Balaban J connectivity index is 1.46. The van der Waals surface area contributed by atoms with Gasteiger partial charge in [-0.2, -0.15) is 5.10 Å². The molecular formula is C22H25FN2O4. The molecule has 0 aliphatic carbocycles. The lowest BCUT2D eigenvalue weighted by atomic mass is 9.99. The Hall–Kier alpha value is -2.51. The second-order valence-corrected chi connectivity index (χ2v) is 7.25. The third kappa shape index (κ3) is 4.41. The molecule has 0 spiro atoms. The number of halogens is 1. The quantitative estimate of drug-likeness (QED) is 0.699. The average molecular weight is 400 g/mol. The van der Waals surface area contributed by atoms with E-state index in [-0.39, 0.29) is 24.6 Å². The number of benzene rings is 1. The fourth-order valence-corrected chi connectivity index (χ4v) is 3.69. The van der Waals surface area contributed by atoms with Crippen molar-refractivity contribution in [2.75, 3.05) is 19.8 Å². The Kier molecular flexibility index (Phi) is 6.06. The van der Waals surface area contributed by atoms with Crippen molar-refractivity contribution < 1.29 is 23.4 Å². The minimum Gasteiger partial charge on any atom is -0.463 e. The minimum absolute atomic E-state index is 0.0439. The van der Waals surface area contributed by atoms with Crippen LogP contribution in [0.15, 0.2) is 42.2 Å². The van der Waals surface area contributed by atoms with E-state index in [2.05, 4.69) is 5.10 Å². The Bertz CT molecular complexity index is 902. The summed E-state index contributed by atoms with van der Waals surface area (Å²) < 4.78 is 33.1. The summed E-state index contributed by atoms with van der Waals surface area (Å²) in [5.74, 6) is -0.706. The van der Waals surface area contributed by atoms with Crippen LogP contribution in [-0.4, -0.2) is 35.6 Å². The Labute approximate surface area is 169 Å². The molecule has 1 aromatic carbocycles. The number of hydrogen-bond donors (Lipinski definition) is 0. The largest absolute Gasteiger partial charge is 0.463 e. The second kappa shape index (κ2) is 8.88. The Morgan fingerprint density at radius 3 is 2.90 bits per heavy atom. The standard InChI is InChI=1S/C22H25FN2O4/c1-2-27-22(26)16-7-9-20(29-14-16)18-8-6-15(11-19(18)23)17-12-24-25(13-17)21-5-3-4-10-28-21/h6-8,11-13,20-21H,2-5,9-10,14H2,1H3. The molecule has 4 rings (SSSR count). The van der Waals surface area contributed by atoms with Gasteiger partial charge in [0, 0.05) is 23.9 Å². The lowest BCUT2D eigenvalue weighted by molar-refractivity contribution is -0.139. The van der Waals surface area contributed by atoms with Gasteiger partial charge >= 0.3 is 5.97 Å². The second-order valence-electron chi connectivity index (χ2n) is 7.25. The highest BCUT2D eigenvalue weighted by Gasteiger charge is 2.24. The molecule has 3 heterocycles. The molecule has 0 saturated carbocycles. The van der Waals surface area contributed by atoms with Crippen molar-refractivity contribution in [2.45, 2.75) is 44.9 Å². The van der Waals surface area contributed by atoms with Gasteiger partial charge in [-0.25, -0.2) is 13.9 Å². The van der Waals surface area contributed by atoms with E-state index in [1.54, 1.807) is 25.3 Å². The SMILES string of the molecule is CCOC(=O)C1=CCC(c2ccc(-c3cnn(C4CCCCO4)c3)cc2F)OC1. The highest BCUT2D eigenvalue weighted by molar-refractivity contribution is 5.88. The summed E-state index contributed by atoms with van der Waals surface area (Å²) in [4.78, 5) is 11.8. The maximum Gasteiger partial charge on any atom is 0.336 e. The normalized spacial score (nSPS) is 22.2. The summed E-state index contributed by atoms with van der Waals surface area (Å²) >= 11 is 0. The molecule has 2 aromatic rings. The maximum absolute atomic E-state index is 14.8. The predicted molar refractivity (Wildman–Crippen MR) is 104 cm³/mol. The van der Waals surface area contributed by atoms with Gasteiger partial charge in [0.1, 0.15) is 12.0 Å². The Morgan fingerprint density at radius 1 is 1.31 bits per heavy atom.